The number of ether oxygens (including phenoxy) is 1. The molecule has 1 aromatic carbocycles. The molecule has 7 heteroatoms. The van der Waals surface area contributed by atoms with Gasteiger partial charge in [0, 0.05) is 13.6 Å². The van der Waals surface area contributed by atoms with Crippen molar-refractivity contribution >= 4 is 17.7 Å². The largest absolute Gasteiger partial charge is 0.469 e. The summed E-state index contributed by atoms with van der Waals surface area (Å²) in [5, 5.41) is 7.92. The zero-order valence-electron chi connectivity index (χ0n) is 11.1. The molecule has 0 aliphatic rings. The Labute approximate surface area is 112 Å². The fraction of sp³-hybridized carbons (Fsp3) is 0.333. The first-order valence-electron chi connectivity index (χ1n) is 5.91. The van der Waals surface area contributed by atoms with Gasteiger partial charge in [-0.2, -0.15) is 0 Å². The number of rotatable bonds is 5. The van der Waals surface area contributed by atoms with Crippen LogP contribution in [0.2, 0.25) is 0 Å². The van der Waals surface area contributed by atoms with E-state index in [2.05, 4.69) is 20.9 Å². The summed E-state index contributed by atoms with van der Waals surface area (Å²) >= 11 is 0. The number of anilines is 1. The van der Waals surface area contributed by atoms with Gasteiger partial charge in [0.25, 0.3) is 0 Å². The Morgan fingerprint density at radius 1 is 1.42 bits per heavy atom. The van der Waals surface area contributed by atoms with Crippen LogP contribution >= 0.6 is 0 Å². The molecular formula is C12H19N5O2. The Hall–Kier alpha value is -2.44. The van der Waals surface area contributed by atoms with E-state index in [1.54, 1.807) is 7.05 Å². The van der Waals surface area contributed by atoms with Crippen LogP contribution in [0.3, 0.4) is 0 Å². The number of hydrogen-bond donors (Lipinski definition) is 4. The van der Waals surface area contributed by atoms with Crippen molar-refractivity contribution in [1.29, 1.82) is 0 Å². The van der Waals surface area contributed by atoms with Crippen LogP contribution in [0.5, 0.6) is 5.75 Å². The molecule has 1 aromatic rings. The fourth-order valence-electron chi connectivity index (χ4n) is 1.33. The molecule has 104 valence electrons. The molecule has 19 heavy (non-hydrogen) atoms. The third kappa shape index (κ3) is 5.15. The highest BCUT2D eigenvalue weighted by Gasteiger charge is 2.01. The Morgan fingerprint density at radius 2 is 2.16 bits per heavy atom. The summed E-state index contributed by atoms with van der Waals surface area (Å²) in [5.74, 6) is 0.674. The van der Waals surface area contributed by atoms with Crippen LogP contribution in [0.25, 0.3) is 0 Å². The van der Waals surface area contributed by atoms with Crippen LogP contribution < -0.4 is 26.4 Å². The van der Waals surface area contributed by atoms with Crippen LogP contribution in [0.15, 0.2) is 29.3 Å². The third-order valence-corrected chi connectivity index (χ3v) is 2.19. The van der Waals surface area contributed by atoms with Gasteiger partial charge in [-0.25, -0.2) is 9.79 Å². The molecule has 0 aliphatic heterocycles. The molecule has 0 radical (unpaired) electrons. The molecule has 0 aromatic heterocycles. The van der Waals surface area contributed by atoms with Gasteiger partial charge in [-0.15, -0.1) is 0 Å². The summed E-state index contributed by atoms with van der Waals surface area (Å²) in [6, 6.07) is 7.06. The molecule has 0 aliphatic carbocycles. The molecule has 7 nitrogen and oxygen atoms in total. The van der Waals surface area contributed by atoms with E-state index < -0.39 is 0 Å². The van der Waals surface area contributed by atoms with Crippen molar-refractivity contribution in [2.45, 2.75) is 6.92 Å². The average molecular weight is 265 g/mol. The summed E-state index contributed by atoms with van der Waals surface area (Å²) in [5.41, 5.74) is 6.38. The highest BCUT2D eigenvalue weighted by molar-refractivity contribution is 5.95. The van der Waals surface area contributed by atoms with Gasteiger partial charge in [0.05, 0.1) is 5.69 Å². The van der Waals surface area contributed by atoms with Crippen LogP contribution in [-0.4, -0.2) is 32.3 Å². The molecule has 1 rings (SSSR count). The van der Waals surface area contributed by atoms with E-state index in [-0.39, 0.29) is 18.7 Å². The quantitative estimate of drug-likeness (QED) is 0.465. The molecule has 0 fully saturated rings. The Morgan fingerprint density at radius 3 is 2.84 bits per heavy atom. The van der Waals surface area contributed by atoms with Gasteiger partial charge < -0.3 is 21.1 Å². The predicted molar refractivity (Wildman–Crippen MR) is 75.3 cm³/mol. The molecular weight excluding hydrogens is 246 g/mol. The Balaban J connectivity index is 2.46. The standard InChI is InChI=1S/C12H19N5O2/c1-3-15-12(18)17-11(13)16-8-19-10-7-5-4-6-9(10)14-2/h4-7,14H,3,8H2,1-2H3,(H4,13,15,16,17,18). The number of carbonyl (C=O) groups is 1. The van der Waals surface area contributed by atoms with E-state index in [0.717, 1.165) is 5.69 Å². The van der Waals surface area contributed by atoms with E-state index >= 15 is 0 Å². The third-order valence-electron chi connectivity index (χ3n) is 2.19. The van der Waals surface area contributed by atoms with Crippen LogP contribution in [0, 0.1) is 0 Å². The van der Waals surface area contributed by atoms with Gasteiger partial charge in [0.2, 0.25) is 0 Å². The normalized spacial score (nSPS) is 10.7. The second-order valence-corrected chi connectivity index (χ2v) is 3.55. The van der Waals surface area contributed by atoms with Gasteiger partial charge in [0.15, 0.2) is 12.7 Å². The SMILES string of the molecule is CCNC(=O)N/C(N)=N/COc1ccccc1NC. The summed E-state index contributed by atoms with van der Waals surface area (Å²) in [7, 11) is 1.80. The number of urea groups is 1. The van der Waals surface area contributed by atoms with Crippen LogP contribution in [0.4, 0.5) is 10.5 Å². The summed E-state index contributed by atoms with van der Waals surface area (Å²) in [6.07, 6.45) is 0. The van der Waals surface area contributed by atoms with Crippen molar-refractivity contribution in [1.82, 2.24) is 10.6 Å². The van der Waals surface area contributed by atoms with Gasteiger partial charge in [-0.05, 0) is 19.1 Å². The molecule has 0 saturated carbocycles. The number of para-hydroxylation sites is 2. The van der Waals surface area contributed by atoms with Gasteiger partial charge in [0.1, 0.15) is 5.75 Å². The maximum absolute atomic E-state index is 11.2. The van der Waals surface area contributed by atoms with Crippen molar-refractivity contribution in [3.05, 3.63) is 24.3 Å². The number of aliphatic imine (C=N–C) groups is 1. The average Bonchev–Trinajstić information content (AvgIpc) is 2.39. The summed E-state index contributed by atoms with van der Waals surface area (Å²) in [6.45, 7) is 2.35. The second kappa shape index (κ2) is 7.80. The number of nitrogens with two attached hydrogens (primary N) is 1. The number of nitrogens with zero attached hydrogens (tertiary/aromatic N) is 1. The molecule has 5 N–H and O–H groups in total. The summed E-state index contributed by atoms with van der Waals surface area (Å²) < 4.78 is 5.44. The van der Waals surface area contributed by atoms with Crippen molar-refractivity contribution in [2.75, 3.05) is 25.6 Å². The monoisotopic (exact) mass is 265 g/mol. The van der Waals surface area contributed by atoms with Crippen molar-refractivity contribution in [3.8, 4) is 5.75 Å². The number of amides is 2. The predicted octanol–water partition coefficient (Wildman–Crippen LogP) is 0.698. The Bertz CT molecular complexity index is 448. The lowest BCUT2D eigenvalue weighted by molar-refractivity contribution is 0.245. The van der Waals surface area contributed by atoms with E-state index in [0.29, 0.717) is 12.3 Å². The second-order valence-electron chi connectivity index (χ2n) is 3.55. The van der Waals surface area contributed by atoms with Gasteiger partial charge in [-0.3, -0.25) is 5.32 Å². The van der Waals surface area contributed by atoms with E-state index in [4.69, 9.17) is 10.5 Å². The van der Waals surface area contributed by atoms with Gasteiger partial charge in [-0.1, -0.05) is 12.1 Å². The first kappa shape index (κ1) is 14.6. The number of benzene rings is 1. The maximum atomic E-state index is 11.2. The molecule has 0 unspecified atom stereocenters. The molecule has 0 atom stereocenters. The lowest BCUT2D eigenvalue weighted by Crippen LogP contribution is -2.43. The molecule has 0 heterocycles. The van der Waals surface area contributed by atoms with E-state index in [9.17, 15) is 4.79 Å². The molecule has 0 bridgehead atoms. The van der Waals surface area contributed by atoms with Crippen molar-refractivity contribution < 1.29 is 9.53 Å². The molecule has 0 saturated heterocycles. The lowest BCUT2D eigenvalue weighted by Gasteiger charge is -2.09. The smallest absolute Gasteiger partial charge is 0.321 e. The zero-order chi connectivity index (χ0) is 14.1. The number of hydrogen-bond acceptors (Lipinski definition) is 4. The van der Waals surface area contributed by atoms with Crippen LogP contribution in [0.1, 0.15) is 6.92 Å². The summed E-state index contributed by atoms with van der Waals surface area (Å²) in [4.78, 5) is 15.0. The van der Waals surface area contributed by atoms with Crippen LogP contribution in [-0.2, 0) is 0 Å². The molecule has 0 spiro atoms. The first-order chi connectivity index (χ1) is 9.17. The number of nitrogens with one attached hydrogen (secondary N) is 3. The maximum Gasteiger partial charge on any atom is 0.321 e. The number of guanidine groups is 1. The number of carbonyl (C=O) groups excluding carboxylic acids is 1. The topological polar surface area (TPSA) is 101 Å². The zero-order valence-corrected chi connectivity index (χ0v) is 11.1. The van der Waals surface area contributed by atoms with E-state index in [1.165, 1.54) is 0 Å². The first-order valence-corrected chi connectivity index (χ1v) is 5.91. The van der Waals surface area contributed by atoms with Crippen molar-refractivity contribution in [2.24, 2.45) is 10.7 Å². The highest BCUT2D eigenvalue weighted by Crippen LogP contribution is 2.22. The van der Waals surface area contributed by atoms with Crippen molar-refractivity contribution in [3.63, 3.8) is 0 Å². The minimum Gasteiger partial charge on any atom is -0.469 e. The fourth-order valence-corrected chi connectivity index (χ4v) is 1.33. The molecule has 2 amide bonds. The lowest BCUT2D eigenvalue weighted by atomic mass is 10.3. The van der Waals surface area contributed by atoms with E-state index in [1.807, 2.05) is 31.2 Å². The van der Waals surface area contributed by atoms with Gasteiger partial charge >= 0.3 is 6.03 Å². The highest BCUT2D eigenvalue weighted by atomic mass is 16.5. The Kier molecular flexibility index (Phi) is 6.00. The minimum absolute atomic E-state index is 0.00730. The minimum atomic E-state index is -0.389.